The normalized spacial score (nSPS) is 19.3. The molecule has 142 valence electrons. The number of aliphatic carboxylic acids is 2. The molecule has 26 heavy (non-hydrogen) atoms. The van der Waals surface area contributed by atoms with E-state index in [1.54, 1.807) is 6.07 Å². The van der Waals surface area contributed by atoms with E-state index in [0.29, 0.717) is 29.3 Å². The minimum Gasteiger partial charge on any atom is -0.481 e. The SMILES string of the molecule is NCCCCCCN.O=Pc1cc2c(c3c1CC3C(=O)O)CC2C(=O)O. The second-order valence-corrected chi connectivity index (χ2v) is 7.29. The molecule has 2 aliphatic carbocycles. The van der Waals surface area contributed by atoms with E-state index >= 15 is 0 Å². The third kappa shape index (κ3) is 4.11. The molecule has 0 fully saturated rings. The topological polar surface area (TPSA) is 144 Å². The van der Waals surface area contributed by atoms with Gasteiger partial charge < -0.3 is 21.7 Å². The lowest BCUT2D eigenvalue weighted by atomic mass is 9.65. The van der Waals surface area contributed by atoms with Crippen LogP contribution in [0.5, 0.6) is 0 Å². The van der Waals surface area contributed by atoms with Crippen molar-refractivity contribution in [2.24, 2.45) is 11.5 Å². The molecule has 0 aromatic heterocycles. The van der Waals surface area contributed by atoms with Gasteiger partial charge in [0.15, 0.2) is 8.46 Å². The summed E-state index contributed by atoms with van der Waals surface area (Å²) in [5, 5.41) is 18.6. The lowest BCUT2D eigenvalue weighted by Crippen LogP contribution is -2.37. The molecule has 1 aromatic carbocycles. The van der Waals surface area contributed by atoms with Gasteiger partial charge in [-0.05, 0) is 67.1 Å². The van der Waals surface area contributed by atoms with Crippen molar-refractivity contribution in [1.82, 2.24) is 0 Å². The van der Waals surface area contributed by atoms with E-state index in [-0.39, 0.29) is 8.46 Å². The van der Waals surface area contributed by atoms with Crippen LogP contribution in [0.15, 0.2) is 6.07 Å². The predicted molar refractivity (Wildman–Crippen MR) is 98.4 cm³/mol. The predicted octanol–water partition coefficient (Wildman–Crippen LogP) is 1.52. The van der Waals surface area contributed by atoms with Crippen molar-refractivity contribution in [3.63, 3.8) is 0 Å². The number of hydrogen-bond acceptors (Lipinski definition) is 5. The number of carboxylic acid groups (broad SMARTS) is 2. The molecule has 6 N–H and O–H groups in total. The first-order valence-electron chi connectivity index (χ1n) is 8.83. The first-order valence-corrected chi connectivity index (χ1v) is 9.65. The molecule has 0 spiro atoms. The maximum Gasteiger partial charge on any atom is 0.311 e. The zero-order valence-corrected chi connectivity index (χ0v) is 15.5. The van der Waals surface area contributed by atoms with Crippen LogP contribution >= 0.6 is 8.46 Å². The first kappa shape index (κ1) is 20.5. The number of carboxylic acids is 2. The molecule has 2 atom stereocenters. The molecule has 0 saturated heterocycles. The average Bonchev–Trinajstić information content (AvgIpc) is 2.56. The van der Waals surface area contributed by atoms with Gasteiger partial charge in [0.2, 0.25) is 0 Å². The highest BCUT2D eigenvalue weighted by atomic mass is 31.1. The number of hydrogen-bond donors (Lipinski definition) is 4. The molecule has 3 rings (SSSR count). The van der Waals surface area contributed by atoms with Crippen LogP contribution < -0.4 is 16.8 Å². The van der Waals surface area contributed by atoms with Crippen molar-refractivity contribution in [2.45, 2.75) is 50.4 Å². The molecule has 0 amide bonds. The molecule has 0 saturated carbocycles. The number of carbonyl (C=O) groups is 2. The Bertz CT molecular complexity index is 701. The van der Waals surface area contributed by atoms with Gasteiger partial charge in [0, 0.05) is 5.30 Å². The summed E-state index contributed by atoms with van der Waals surface area (Å²) in [7, 11) is -0.178. The highest BCUT2D eigenvalue weighted by Gasteiger charge is 2.44. The van der Waals surface area contributed by atoms with Gasteiger partial charge >= 0.3 is 11.9 Å². The number of nitrogens with two attached hydrogens (primary N) is 2. The summed E-state index contributed by atoms with van der Waals surface area (Å²) < 4.78 is 11.1. The van der Waals surface area contributed by atoms with E-state index in [1.165, 1.54) is 12.8 Å². The molecule has 1 aromatic rings. The minimum atomic E-state index is -0.915. The summed E-state index contributed by atoms with van der Waals surface area (Å²) in [5.74, 6) is -2.96. The number of fused-ring (bicyclic) bond motifs is 3. The fraction of sp³-hybridized carbons (Fsp3) is 0.556. The second-order valence-electron chi connectivity index (χ2n) is 6.63. The van der Waals surface area contributed by atoms with Crippen LogP contribution in [0.3, 0.4) is 0 Å². The fourth-order valence-corrected chi connectivity index (χ4v) is 4.00. The Hall–Kier alpha value is -1.82. The van der Waals surface area contributed by atoms with Gasteiger partial charge in [0.05, 0.1) is 11.8 Å². The summed E-state index contributed by atoms with van der Waals surface area (Å²) in [6.45, 7) is 1.65. The molecule has 2 unspecified atom stereocenters. The quantitative estimate of drug-likeness (QED) is 0.395. The van der Waals surface area contributed by atoms with Crippen LogP contribution in [0, 0.1) is 0 Å². The van der Waals surface area contributed by atoms with Gasteiger partial charge in [0.1, 0.15) is 0 Å². The van der Waals surface area contributed by atoms with E-state index in [9.17, 15) is 14.2 Å². The van der Waals surface area contributed by atoms with Gasteiger partial charge in [-0.25, -0.2) is 0 Å². The maximum absolute atomic E-state index is 11.1. The van der Waals surface area contributed by atoms with Crippen molar-refractivity contribution in [1.29, 1.82) is 0 Å². The Balaban J connectivity index is 0.000000260. The summed E-state index contributed by atoms with van der Waals surface area (Å²) >= 11 is 0. The molecule has 0 radical (unpaired) electrons. The number of rotatable bonds is 8. The molecule has 8 heteroatoms. The van der Waals surface area contributed by atoms with E-state index in [2.05, 4.69) is 0 Å². The average molecular weight is 380 g/mol. The largest absolute Gasteiger partial charge is 0.481 e. The van der Waals surface area contributed by atoms with Crippen LogP contribution in [0.2, 0.25) is 0 Å². The first-order chi connectivity index (χ1) is 12.5. The third-order valence-electron chi connectivity index (χ3n) is 4.99. The standard InChI is InChI=1S/C12H9O5P.C6H16N2/c13-11(14)6-1-5-4(6)3-9(18-17)7-2-8(10(5)7)12(15)16;7-5-3-1-2-4-6-8/h3,6,8H,1-2H2,(H,13,14)(H,15,16);1-8H2. The third-order valence-corrected chi connectivity index (χ3v) is 5.59. The van der Waals surface area contributed by atoms with Gasteiger partial charge in [-0.2, -0.15) is 0 Å². The monoisotopic (exact) mass is 380 g/mol. The Kier molecular flexibility index (Phi) is 7.26. The number of unbranched alkanes of at least 4 members (excludes halogenated alkanes) is 3. The van der Waals surface area contributed by atoms with Crippen LogP contribution in [-0.4, -0.2) is 35.2 Å². The van der Waals surface area contributed by atoms with Crippen LogP contribution in [0.1, 0.15) is 59.8 Å². The van der Waals surface area contributed by atoms with E-state index in [4.69, 9.17) is 21.7 Å². The highest BCUT2D eigenvalue weighted by Crippen LogP contribution is 2.47. The molecule has 0 aliphatic heterocycles. The molecular formula is C18H25N2O5P. The lowest BCUT2D eigenvalue weighted by molar-refractivity contribution is -0.139. The summed E-state index contributed by atoms with van der Waals surface area (Å²) in [4.78, 5) is 22.0. The fourth-order valence-electron chi connectivity index (χ4n) is 3.48. The van der Waals surface area contributed by atoms with E-state index in [1.807, 2.05) is 0 Å². The van der Waals surface area contributed by atoms with Crippen LogP contribution in [0.4, 0.5) is 0 Å². The Labute approximate surface area is 154 Å². The molecule has 0 heterocycles. The molecule has 7 nitrogen and oxygen atoms in total. The smallest absolute Gasteiger partial charge is 0.311 e. The summed E-state index contributed by atoms with van der Waals surface area (Å²) in [6.07, 6.45) is 5.56. The Morgan fingerprint density at radius 1 is 0.962 bits per heavy atom. The summed E-state index contributed by atoms with van der Waals surface area (Å²) in [6, 6.07) is 1.64. The van der Waals surface area contributed by atoms with Crippen molar-refractivity contribution >= 4 is 25.7 Å². The van der Waals surface area contributed by atoms with Gasteiger partial charge in [0.25, 0.3) is 0 Å². The Morgan fingerprint density at radius 2 is 1.50 bits per heavy atom. The number of benzene rings is 1. The van der Waals surface area contributed by atoms with Gasteiger partial charge in [-0.15, -0.1) is 0 Å². The Morgan fingerprint density at radius 3 is 1.96 bits per heavy atom. The van der Waals surface area contributed by atoms with Gasteiger partial charge in [-0.1, -0.05) is 12.8 Å². The van der Waals surface area contributed by atoms with Crippen LogP contribution in [0.25, 0.3) is 0 Å². The van der Waals surface area contributed by atoms with Crippen LogP contribution in [-0.2, 0) is 27.0 Å². The summed E-state index contributed by atoms with van der Waals surface area (Å²) in [5.41, 5.74) is 13.6. The van der Waals surface area contributed by atoms with Crippen molar-refractivity contribution in [2.75, 3.05) is 13.1 Å². The van der Waals surface area contributed by atoms with Crippen molar-refractivity contribution in [3.8, 4) is 0 Å². The van der Waals surface area contributed by atoms with E-state index < -0.39 is 23.8 Å². The lowest BCUT2D eigenvalue weighted by Gasteiger charge is -2.38. The zero-order valence-electron chi connectivity index (χ0n) is 14.6. The molecule has 2 aliphatic rings. The van der Waals surface area contributed by atoms with Crippen molar-refractivity contribution < 1.29 is 24.4 Å². The highest BCUT2D eigenvalue weighted by molar-refractivity contribution is 7.34. The zero-order chi connectivity index (χ0) is 19.3. The maximum atomic E-state index is 11.1. The molecule has 0 bridgehead atoms. The second kappa shape index (κ2) is 9.21. The molecular weight excluding hydrogens is 355 g/mol. The minimum absolute atomic E-state index is 0.178. The van der Waals surface area contributed by atoms with Gasteiger partial charge in [-0.3, -0.25) is 14.2 Å². The van der Waals surface area contributed by atoms with E-state index in [0.717, 1.165) is 37.1 Å². The van der Waals surface area contributed by atoms with Crippen molar-refractivity contribution in [3.05, 3.63) is 28.3 Å².